The van der Waals surface area contributed by atoms with Gasteiger partial charge in [-0.2, -0.15) is 0 Å². The van der Waals surface area contributed by atoms with Gasteiger partial charge in [0.15, 0.2) is 0 Å². The molecule has 0 aliphatic carbocycles. The van der Waals surface area contributed by atoms with Crippen LogP contribution < -0.4 is 10.0 Å². The summed E-state index contributed by atoms with van der Waals surface area (Å²) in [7, 11) is -3.79. The van der Waals surface area contributed by atoms with Gasteiger partial charge < -0.3 is 10.2 Å². The van der Waals surface area contributed by atoms with Crippen molar-refractivity contribution >= 4 is 15.9 Å². The average Bonchev–Trinajstić information content (AvgIpc) is 3.25. The zero-order chi connectivity index (χ0) is 17.2. The maximum Gasteiger partial charge on any atom is 0.256 e. The summed E-state index contributed by atoms with van der Waals surface area (Å²) in [6.45, 7) is 2.40. The van der Waals surface area contributed by atoms with Gasteiger partial charge in [-0.05, 0) is 50.4 Å². The molecule has 0 spiro atoms. The van der Waals surface area contributed by atoms with Crippen LogP contribution in [0, 0.1) is 5.82 Å². The van der Waals surface area contributed by atoms with Crippen molar-refractivity contribution in [2.75, 3.05) is 26.2 Å². The van der Waals surface area contributed by atoms with Gasteiger partial charge in [0.2, 0.25) is 10.0 Å². The predicted octanol–water partition coefficient (Wildman–Crippen LogP) is 1.09. The van der Waals surface area contributed by atoms with Crippen molar-refractivity contribution in [3.05, 3.63) is 29.6 Å². The number of rotatable bonds is 5. The molecule has 3 rings (SSSR count). The van der Waals surface area contributed by atoms with Gasteiger partial charge in [0.05, 0.1) is 10.5 Å². The number of carbonyl (C=O) groups excluding carboxylic acids is 1. The molecule has 24 heavy (non-hydrogen) atoms. The van der Waals surface area contributed by atoms with E-state index in [0.717, 1.165) is 38.3 Å². The van der Waals surface area contributed by atoms with Gasteiger partial charge in [-0.1, -0.05) is 0 Å². The van der Waals surface area contributed by atoms with Crippen molar-refractivity contribution in [3.63, 3.8) is 0 Å². The van der Waals surface area contributed by atoms with Crippen molar-refractivity contribution in [2.24, 2.45) is 0 Å². The van der Waals surface area contributed by atoms with Gasteiger partial charge >= 0.3 is 0 Å². The second-order valence-electron chi connectivity index (χ2n) is 6.29. The standard InChI is InChI=1S/C16H22FN3O3S/c17-15-10-13(24(22,23)19-11-12-4-3-7-18-12)5-6-14(15)16(21)20-8-1-2-9-20/h5-6,10,12,18-19H,1-4,7-9,11H2. The Hall–Kier alpha value is -1.51. The van der Waals surface area contributed by atoms with E-state index in [1.807, 2.05) is 0 Å². The molecule has 1 unspecified atom stereocenters. The van der Waals surface area contributed by atoms with Gasteiger partial charge in [-0.25, -0.2) is 17.5 Å². The SMILES string of the molecule is O=C(c1ccc(S(=O)(=O)NCC2CCCN2)cc1F)N1CCCC1. The van der Waals surface area contributed by atoms with E-state index in [2.05, 4.69) is 10.0 Å². The fraction of sp³-hybridized carbons (Fsp3) is 0.562. The average molecular weight is 355 g/mol. The quantitative estimate of drug-likeness (QED) is 0.829. The Balaban J connectivity index is 1.71. The Morgan fingerprint density at radius 2 is 2.04 bits per heavy atom. The molecule has 1 aromatic rings. The van der Waals surface area contributed by atoms with Crippen LogP contribution in [0.4, 0.5) is 4.39 Å². The zero-order valence-electron chi connectivity index (χ0n) is 13.4. The molecule has 1 atom stereocenters. The fourth-order valence-corrected chi connectivity index (χ4v) is 4.24. The first-order chi connectivity index (χ1) is 11.5. The van der Waals surface area contributed by atoms with E-state index in [1.165, 1.54) is 12.1 Å². The molecule has 8 heteroatoms. The summed E-state index contributed by atoms with van der Waals surface area (Å²) in [4.78, 5) is 13.7. The second kappa shape index (κ2) is 7.16. The fourth-order valence-electron chi connectivity index (χ4n) is 3.15. The highest BCUT2D eigenvalue weighted by atomic mass is 32.2. The normalized spacial score (nSPS) is 21.4. The van der Waals surface area contributed by atoms with Crippen LogP contribution >= 0.6 is 0 Å². The summed E-state index contributed by atoms with van der Waals surface area (Å²) in [5.41, 5.74) is -0.0756. The molecule has 2 heterocycles. The molecule has 0 bridgehead atoms. The van der Waals surface area contributed by atoms with E-state index in [-0.39, 0.29) is 29.0 Å². The Kier molecular flexibility index (Phi) is 5.17. The maximum atomic E-state index is 14.3. The number of likely N-dealkylation sites (tertiary alicyclic amines) is 1. The molecule has 1 aromatic carbocycles. The van der Waals surface area contributed by atoms with Crippen LogP contribution in [-0.4, -0.2) is 51.4 Å². The maximum absolute atomic E-state index is 14.3. The highest BCUT2D eigenvalue weighted by Crippen LogP contribution is 2.19. The van der Waals surface area contributed by atoms with Gasteiger partial charge in [0, 0.05) is 25.7 Å². The topological polar surface area (TPSA) is 78.5 Å². The number of halogens is 1. The highest BCUT2D eigenvalue weighted by Gasteiger charge is 2.25. The molecule has 0 aromatic heterocycles. The van der Waals surface area contributed by atoms with E-state index < -0.39 is 15.8 Å². The molecule has 1 amide bonds. The number of amides is 1. The van der Waals surface area contributed by atoms with Crippen LogP contribution in [0.3, 0.4) is 0 Å². The lowest BCUT2D eigenvalue weighted by Crippen LogP contribution is -2.37. The Morgan fingerprint density at radius 1 is 1.29 bits per heavy atom. The van der Waals surface area contributed by atoms with Crippen molar-refractivity contribution in [2.45, 2.75) is 36.6 Å². The third kappa shape index (κ3) is 3.76. The molecular weight excluding hydrogens is 333 g/mol. The molecule has 2 fully saturated rings. The number of nitrogens with one attached hydrogen (secondary N) is 2. The van der Waals surface area contributed by atoms with Crippen LogP contribution in [-0.2, 0) is 10.0 Å². The van der Waals surface area contributed by atoms with Gasteiger partial charge in [0.1, 0.15) is 5.82 Å². The van der Waals surface area contributed by atoms with Crippen LogP contribution in [0.15, 0.2) is 23.1 Å². The van der Waals surface area contributed by atoms with Crippen molar-refractivity contribution in [1.29, 1.82) is 0 Å². The molecule has 2 saturated heterocycles. The first kappa shape index (κ1) is 17.3. The summed E-state index contributed by atoms with van der Waals surface area (Å²) in [5.74, 6) is -1.18. The minimum absolute atomic E-state index is 0.0756. The first-order valence-corrected chi connectivity index (χ1v) is 9.77. The van der Waals surface area contributed by atoms with Crippen LogP contribution in [0.1, 0.15) is 36.0 Å². The summed E-state index contributed by atoms with van der Waals surface area (Å²) in [6.07, 6.45) is 3.77. The van der Waals surface area contributed by atoms with E-state index in [1.54, 1.807) is 4.90 Å². The third-order valence-corrected chi connectivity index (χ3v) is 5.98. The lowest BCUT2D eigenvalue weighted by Gasteiger charge is -2.16. The highest BCUT2D eigenvalue weighted by molar-refractivity contribution is 7.89. The Bertz CT molecular complexity index is 711. The summed E-state index contributed by atoms with van der Waals surface area (Å²) in [5, 5.41) is 3.20. The predicted molar refractivity (Wildman–Crippen MR) is 87.8 cm³/mol. The van der Waals surface area contributed by atoms with Gasteiger partial charge in [0.25, 0.3) is 5.91 Å². The van der Waals surface area contributed by atoms with E-state index in [9.17, 15) is 17.6 Å². The van der Waals surface area contributed by atoms with Gasteiger partial charge in [-0.15, -0.1) is 0 Å². The zero-order valence-corrected chi connectivity index (χ0v) is 14.2. The van der Waals surface area contributed by atoms with E-state index in [4.69, 9.17) is 0 Å². The molecule has 6 nitrogen and oxygen atoms in total. The van der Waals surface area contributed by atoms with E-state index in [0.29, 0.717) is 13.1 Å². The third-order valence-electron chi connectivity index (χ3n) is 4.56. The van der Waals surface area contributed by atoms with Crippen molar-refractivity contribution in [1.82, 2.24) is 14.9 Å². The minimum atomic E-state index is -3.79. The van der Waals surface area contributed by atoms with Crippen molar-refractivity contribution in [3.8, 4) is 0 Å². The lowest BCUT2D eigenvalue weighted by molar-refractivity contribution is 0.0788. The smallest absolute Gasteiger partial charge is 0.256 e. The molecule has 0 saturated carbocycles. The van der Waals surface area contributed by atoms with E-state index >= 15 is 0 Å². The largest absolute Gasteiger partial charge is 0.339 e. The lowest BCUT2D eigenvalue weighted by atomic mass is 10.2. The molecule has 0 radical (unpaired) electrons. The van der Waals surface area contributed by atoms with Crippen LogP contribution in [0.25, 0.3) is 0 Å². The molecule has 2 aliphatic rings. The number of hydrogen-bond acceptors (Lipinski definition) is 4. The first-order valence-electron chi connectivity index (χ1n) is 8.29. The molecule has 132 valence electrons. The number of hydrogen-bond donors (Lipinski definition) is 2. The number of carbonyl (C=O) groups is 1. The van der Waals surface area contributed by atoms with Crippen molar-refractivity contribution < 1.29 is 17.6 Å². The molecular formula is C16H22FN3O3S. The monoisotopic (exact) mass is 355 g/mol. The molecule has 2 N–H and O–H groups in total. The summed E-state index contributed by atoms with van der Waals surface area (Å²) >= 11 is 0. The molecule has 2 aliphatic heterocycles. The summed E-state index contributed by atoms with van der Waals surface area (Å²) < 4.78 is 41.3. The Morgan fingerprint density at radius 3 is 2.67 bits per heavy atom. The van der Waals surface area contributed by atoms with Crippen LogP contribution in [0.5, 0.6) is 0 Å². The summed E-state index contributed by atoms with van der Waals surface area (Å²) in [6, 6.07) is 3.59. The second-order valence-corrected chi connectivity index (χ2v) is 8.05. The minimum Gasteiger partial charge on any atom is -0.339 e. The van der Waals surface area contributed by atoms with Crippen LogP contribution in [0.2, 0.25) is 0 Å². The Labute approximate surface area is 141 Å². The van der Waals surface area contributed by atoms with Gasteiger partial charge in [-0.3, -0.25) is 4.79 Å². The number of nitrogens with zero attached hydrogens (tertiary/aromatic N) is 1. The number of sulfonamides is 1. The number of benzene rings is 1.